The van der Waals surface area contributed by atoms with Gasteiger partial charge >= 0.3 is 6.09 Å². The van der Waals surface area contributed by atoms with Gasteiger partial charge in [-0.25, -0.2) is 9.78 Å². The molecule has 3 heterocycles. The zero-order valence-electron chi connectivity index (χ0n) is 16.2. The highest BCUT2D eigenvalue weighted by molar-refractivity contribution is 9.10. The molecule has 0 aliphatic carbocycles. The van der Waals surface area contributed by atoms with Crippen molar-refractivity contribution < 1.29 is 9.53 Å². The summed E-state index contributed by atoms with van der Waals surface area (Å²) in [4.78, 5) is 21.7. The van der Waals surface area contributed by atoms with Crippen molar-refractivity contribution in [3.8, 4) is 0 Å². The fourth-order valence-electron chi connectivity index (χ4n) is 3.63. The van der Waals surface area contributed by atoms with Crippen molar-refractivity contribution >= 4 is 39.6 Å². The lowest BCUT2D eigenvalue weighted by atomic mass is 10.1. The number of nitrogens with zero attached hydrogens (tertiary/aromatic N) is 3. The molecule has 26 heavy (non-hydrogen) atoms. The second-order valence-corrected chi connectivity index (χ2v) is 10.0. The molecule has 0 aromatic carbocycles. The Balaban J connectivity index is 1.78. The van der Waals surface area contributed by atoms with Crippen LogP contribution in [-0.2, 0) is 11.2 Å². The molecule has 3 rings (SSSR count). The first kappa shape index (κ1) is 19.8. The summed E-state index contributed by atoms with van der Waals surface area (Å²) < 4.78 is 6.65. The summed E-state index contributed by atoms with van der Waals surface area (Å²) in [5, 5.41) is 1.06. The van der Waals surface area contributed by atoms with Crippen LogP contribution in [0.2, 0.25) is 0 Å². The monoisotopic (exact) mass is 441 g/mol. The van der Waals surface area contributed by atoms with E-state index in [4.69, 9.17) is 9.72 Å². The van der Waals surface area contributed by atoms with Gasteiger partial charge in [-0.15, -0.1) is 11.8 Å². The molecule has 5 nitrogen and oxygen atoms in total. The molecule has 0 spiro atoms. The topological polar surface area (TPSA) is 45.7 Å². The Labute approximate surface area is 169 Å². The fraction of sp³-hybridized carbons (Fsp3) is 0.684. The number of piperazine rings is 1. The zero-order chi connectivity index (χ0) is 19.1. The van der Waals surface area contributed by atoms with E-state index in [9.17, 15) is 4.79 Å². The molecule has 2 aliphatic heterocycles. The van der Waals surface area contributed by atoms with Gasteiger partial charge in [0.2, 0.25) is 0 Å². The molecule has 0 N–H and O–H groups in total. The molecule has 7 heteroatoms. The highest BCUT2D eigenvalue weighted by Gasteiger charge is 2.41. The van der Waals surface area contributed by atoms with Crippen molar-refractivity contribution in [1.29, 1.82) is 0 Å². The van der Waals surface area contributed by atoms with E-state index in [1.54, 1.807) is 11.8 Å². The fourth-order valence-corrected chi connectivity index (χ4v) is 5.09. The molecule has 0 unspecified atom stereocenters. The van der Waals surface area contributed by atoms with Crippen molar-refractivity contribution in [3.63, 3.8) is 0 Å². The number of hydrogen-bond acceptors (Lipinski definition) is 5. The Kier molecular flexibility index (Phi) is 5.78. The molecular weight excluding hydrogens is 414 g/mol. The van der Waals surface area contributed by atoms with Crippen LogP contribution < -0.4 is 4.90 Å². The maximum atomic E-state index is 12.5. The highest BCUT2D eigenvalue weighted by atomic mass is 79.9. The van der Waals surface area contributed by atoms with E-state index < -0.39 is 5.60 Å². The Morgan fingerprint density at radius 1 is 1.42 bits per heavy atom. The van der Waals surface area contributed by atoms with Gasteiger partial charge in [-0.2, -0.15) is 0 Å². The van der Waals surface area contributed by atoms with E-state index in [2.05, 4.69) is 40.7 Å². The number of anilines is 1. The maximum absolute atomic E-state index is 12.5. The SMILES string of the molecule is CCCSc1nc2c(cc1Br)C[C@@H]1CN(C(=O)OC(C)(C)C)C[C@@H](C)N21. The van der Waals surface area contributed by atoms with E-state index in [1.165, 1.54) is 5.56 Å². The zero-order valence-corrected chi connectivity index (χ0v) is 18.6. The second-order valence-electron chi connectivity index (χ2n) is 8.11. The average molecular weight is 442 g/mol. The molecule has 144 valence electrons. The summed E-state index contributed by atoms with van der Waals surface area (Å²) in [5.74, 6) is 2.16. The minimum atomic E-state index is -0.464. The van der Waals surface area contributed by atoms with Crippen LogP contribution in [0.5, 0.6) is 0 Å². The minimum absolute atomic E-state index is 0.215. The van der Waals surface area contributed by atoms with E-state index in [0.29, 0.717) is 13.1 Å². The third-order valence-corrected chi connectivity index (χ3v) is 6.64. The van der Waals surface area contributed by atoms with Crippen molar-refractivity contribution in [2.75, 3.05) is 23.7 Å². The first-order valence-electron chi connectivity index (χ1n) is 9.28. The highest BCUT2D eigenvalue weighted by Crippen LogP contribution is 2.39. The number of halogens is 1. The maximum Gasteiger partial charge on any atom is 0.410 e. The van der Waals surface area contributed by atoms with E-state index >= 15 is 0 Å². The van der Waals surface area contributed by atoms with Crippen LogP contribution in [-0.4, -0.2) is 52.5 Å². The lowest BCUT2D eigenvalue weighted by Gasteiger charge is -2.43. The second kappa shape index (κ2) is 7.58. The number of fused-ring (bicyclic) bond motifs is 3. The van der Waals surface area contributed by atoms with Gasteiger partial charge < -0.3 is 14.5 Å². The van der Waals surface area contributed by atoms with Crippen LogP contribution in [0.4, 0.5) is 10.6 Å². The molecule has 1 amide bonds. The number of thioether (sulfide) groups is 1. The van der Waals surface area contributed by atoms with Crippen molar-refractivity contribution in [2.45, 2.75) is 70.2 Å². The van der Waals surface area contributed by atoms with Crippen LogP contribution in [0, 0.1) is 0 Å². The quantitative estimate of drug-likeness (QED) is 0.635. The summed E-state index contributed by atoms with van der Waals surface area (Å²) in [6, 6.07) is 2.70. The number of pyridine rings is 1. The molecule has 0 saturated carbocycles. The summed E-state index contributed by atoms with van der Waals surface area (Å²) >= 11 is 5.47. The van der Waals surface area contributed by atoms with Gasteiger partial charge in [0.25, 0.3) is 0 Å². The third kappa shape index (κ3) is 4.14. The van der Waals surface area contributed by atoms with Crippen molar-refractivity contribution in [1.82, 2.24) is 9.88 Å². The Bertz CT molecular complexity index is 692. The van der Waals surface area contributed by atoms with Gasteiger partial charge in [-0.3, -0.25) is 0 Å². The number of ether oxygens (including phenoxy) is 1. The number of rotatable bonds is 3. The first-order chi connectivity index (χ1) is 12.2. The predicted octanol–water partition coefficient (Wildman–Crippen LogP) is 4.72. The molecule has 2 aliphatic rings. The summed E-state index contributed by atoms with van der Waals surface area (Å²) in [6.45, 7) is 11.4. The Hall–Kier alpha value is -0.950. The van der Waals surface area contributed by atoms with Gasteiger partial charge in [0.05, 0.1) is 10.5 Å². The van der Waals surface area contributed by atoms with Crippen LogP contribution >= 0.6 is 27.7 Å². The predicted molar refractivity (Wildman–Crippen MR) is 110 cm³/mol. The van der Waals surface area contributed by atoms with Crippen molar-refractivity contribution in [3.05, 3.63) is 16.1 Å². The van der Waals surface area contributed by atoms with E-state index in [0.717, 1.165) is 33.9 Å². The van der Waals surface area contributed by atoms with Gasteiger partial charge in [-0.05, 0) is 73.8 Å². The normalized spacial score (nSPS) is 22.2. The number of carbonyl (C=O) groups excluding carboxylic acids is 1. The number of hydrogen-bond donors (Lipinski definition) is 0. The Morgan fingerprint density at radius 2 is 2.15 bits per heavy atom. The minimum Gasteiger partial charge on any atom is -0.444 e. The van der Waals surface area contributed by atoms with Crippen molar-refractivity contribution in [2.24, 2.45) is 0 Å². The summed E-state index contributed by atoms with van der Waals surface area (Å²) in [6.07, 6.45) is 1.83. The number of carbonyl (C=O) groups is 1. The summed E-state index contributed by atoms with van der Waals surface area (Å²) in [7, 11) is 0. The van der Waals surface area contributed by atoms with Gasteiger partial charge in [-0.1, -0.05) is 6.92 Å². The molecule has 1 aromatic rings. The van der Waals surface area contributed by atoms with E-state index in [1.807, 2.05) is 25.7 Å². The van der Waals surface area contributed by atoms with Crippen LogP contribution in [0.25, 0.3) is 0 Å². The largest absolute Gasteiger partial charge is 0.444 e. The lowest BCUT2D eigenvalue weighted by Crippen LogP contribution is -2.58. The van der Waals surface area contributed by atoms with Gasteiger partial charge in [0.15, 0.2) is 0 Å². The third-order valence-electron chi connectivity index (χ3n) is 4.58. The number of aromatic nitrogens is 1. The molecule has 2 atom stereocenters. The van der Waals surface area contributed by atoms with E-state index in [-0.39, 0.29) is 18.2 Å². The van der Waals surface area contributed by atoms with Gasteiger partial charge in [0, 0.05) is 19.1 Å². The lowest BCUT2D eigenvalue weighted by molar-refractivity contribution is 0.0191. The average Bonchev–Trinajstić information content (AvgIpc) is 2.88. The van der Waals surface area contributed by atoms with Crippen LogP contribution in [0.3, 0.4) is 0 Å². The molecular formula is C19H28BrN3O2S. The smallest absolute Gasteiger partial charge is 0.410 e. The molecule has 1 saturated heterocycles. The Morgan fingerprint density at radius 3 is 2.81 bits per heavy atom. The van der Waals surface area contributed by atoms with Gasteiger partial charge in [0.1, 0.15) is 16.4 Å². The summed E-state index contributed by atoms with van der Waals surface area (Å²) in [5.41, 5.74) is 0.800. The molecule has 0 bridgehead atoms. The number of amides is 1. The van der Waals surface area contributed by atoms with Crippen LogP contribution in [0.15, 0.2) is 15.6 Å². The first-order valence-corrected chi connectivity index (χ1v) is 11.1. The molecule has 1 fully saturated rings. The standard InChI is InChI=1S/C19H28BrN3O2S/c1-6-7-26-17-15(20)9-13-8-14-11-22(18(24)25-19(3,4)5)10-12(2)23(14)16(13)21-17/h9,12,14H,6-8,10-11H2,1-5H3/t12-,14-/m1/s1. The van der Waals surface area contributed by atoms with Crippen LogP contribution in [0.1, 0.15) is 46.6 Å². The molecule has 0 radical (unpaired) electrons. The molecule has 1 aromatic heterocycles.